The molecule has 0 fully saturated rings. The Morgan fingerprint density at radius 2 is 1.64 bits per heavy atom. The number of amides is 1. The van der Waals surface area contributed by atoms with Crippen molar-refractivity contribution in [3.63, 3.8) is 0 Å². The van der Waals surface area contributed by atoms with Crippen molar-refractivity contribution >= 4 is 23.4 Å². The van der Waals surface area contributed by atoms with Crippen molar-refractivity contribution in [3.8, 4) is 5.75 Å². The summed E-state index contributed by atoms with van der Waals surface area (Å²) in [5.74, 6) is 0.313. The fraction of sp³-hybridized carbons (Fsp3) is 0.0455. The lowest BCUT2D eigenvalue weighted by molar-refractivity contribution is -0.385. The van der Waals surface area contributed by atoms with Crippen molar-refractivity contribution in [2.24, 2.45) is 0 Å². The molecule has 0 aliphatic heterocycles. The van der Waals surface area contributed by atoms with Gasteiger partial charge < -0.3 is 10.1 Å². The van der Waals surface area contributed by atoms with Gasteiger partial charge in [-0.3, -0.25) is 14.9 Å². The Kier molecular flexibility index (Phi) is 6.15. The van der Waals surface area contributed by atoms with Crippen LogP contribution in [0.5, 0.6) is 5.75 Å². The van der Waals surface area contributed by atoms with Gasteiger partial charge in [-0.15, -0.1) is 0 Å². The lowest BCUT2D eigenvalue weighted by atomic mass is 10.1. The van der Waals surface area contributed by atoms with E-state index in [1.807, 2.05) is 30.3 Å². The molecule has 3 aromatic rings. The largest absolute Gasteiger partial charge is 0.489 e. The van der Waals surface area contributed by atoms with Gasteiger partial charge in [0.1, 0.15) is 12.4 Å². The molecule has 0 saturated carbocycles. The van der Waals surface area contributed by atoms with Crippen LogP contribution in [-0.2, 0) is 11.4 Å². The molecule has 0 aliphatic carbocycles. The molecule has 0 aliphatic rings. The van der Waals surface area contributed by atoms with Gasteiger partial charge in [-0.05, 0) is 42.0 Å². The van der Waals surface area contributed by atoms with Crippen LogP contribution in [-0.4, -0.2) is 10.8 Å². The monoisotopic (exact) mass is 374 g/mol. The highest BCUT2D eigenvalue weighted by Crippen LogP contribution is 2.20. The summed E-state index contributed by atoms with van der Waals surface area (Å²) in [5.41, 5.74) is 1.99. The number of carbonyl (C=O) groups excluding carboxylic acids is 1. The minimum Gasteiger partial charge on any atom is -0.489 e. The van der Waals surface area contributed by atoms with E-state index in [1.54, 1.807) is 42.5 Å². The van der Waals surface area contributed by atoms with Gasteiger partial charge in [0.15, 0.2) is 0 Å². The number of rotatable bonds is 7. The minimum absolute atomic E-state index is 0.0496. The van der Waals surface area contributed by atoms with Gasteiger partial charge in [-0.2, -0.15) is 0 Å². The zero-order chi connectivity index (χ0) is 19.8. The molecule has 0 radical (unpaired) electrons. The molecule has 3 rings (SSSR count). The zero-order valence-corrected chi connectivity index (χ0v) is 14.9. The molecule has 140 valence electrons. The first kappa shape index (κ1) is 18.8. The SMILES string of the molecule is O=C(C=Cc1ccccc1[N+](=O)[O-])Nc1ccc(OCc2ccccc2)cc1. The third-order valence-corrected chi connectivity index (χ3v) is 3.92. The quantitative estimate of drug-likeness (QED) is 0.365. The number of nitro groups is 1. The van der Waals surface area contributed by atoms with Crippen molar-refractivity contribution in [1.82, 2.24) is 0 Å². The van der Waals surface area contributed by atoms with Gasteiger partial charge in [-0.1, -0.05) is 42.5 Å². The lowest BCUT2D eigenvalue weighted by Crippen LogP contribution is -2.07. The Balaban J connectivity index is 1.56. The van der Waals surface area contributed by atoms with Crippen LogP contribution >= 0.6 is 0 Å². The topological polar surface area (TPSA) is 81.5 Å². The number of para-hydroxylation sites is 1. The molecule has 0 atom stereocenters. The van der Waals surface area contributed by atoms with E-state index in [1.165, 1.54) is 18.2 Å². The van der Waals surface area contributed by atoms with Crippen LogP contribution in [0.25, 0.3) is 6.08 Å². The molecule has 1 amide bonds. The molecule has 0 aromatic heterocycles. The predicted molar refractivity (Wildman–Crippen MR) is 108 cm³/mol. The fourth-order valence-corrected chi connectivity index (χ4v) is 2.52. The number of nitrogens with zero attached hydrogens (tertiary/aromatic N) is 1. The van der Waals surface area contributed by atoms with Crippen molar-refractivity contribution in [3.05, 3.63) is 106 Å². The molecular weight excluding hydrogens is 356 g/mol. The van der Waals surface area contributed by atoms with Gasteiger partial charge in [0.05, 0.1) is 10.5 Å². The van der Waals surface area contributed by atoms with Crippen LogP contribution in [0.3, 0.4) is 0 Å². The smallest absolute Gasteiger partial charge is 0.276 e. The molecule has 0 saturated heterocycles. The van der Waals surface area contributed by atoms with E-state index in [9.17, 15) is 14.9 Å². The fourth-order valence-electron chi connectivity index (χ4n) is 2.52. The van der Waals surface area contributed by atoms with E-state index in [2.05, 4.69) is 5.32 Å². The van der Waals surface area contributed by atoms with Crippen LogP contribution in [0.4, 0.5) is 11.4 Å². The molecular formula is C22H18N2O4. The second kappa shape index (κ2) is 9.14. The Morgan fingerprint density at radius 3 is 2.36 bits per heavy atom. The summed E-state index contributed by atoms with van der Waals surface area (Å²) in [6.45, 7) is 0.463. The number of ether oxygens (including phenoxy) is 1. The Morgan fingerprint density at radius 1 is 0.964 bits per heavy atom. The van der Waals surface area contributed by atoms with E-state index in [-0.39, 0.29) is 11.6 Å². The van der Waals surface area contributed by atoms with Gasteiger partial charge in [0, 0.05) is 17.8 Å². The van der Waals surface area contributed by atoms with Crippen LogP contribution in [0.15, 0.2) is 84.9 Å². The molecule has 6 heteroatoms. The first-order valence-corrected chi connectivity index (χ1v) is 8.61. The van der Waals surface area contributed by atoms with Crippen molar-refractivity contribution < 1.29 is 14.5 Å². The van der Waals surface area contributed by atoms with E-state index in [0.717, 1.165) is 5.56 Å². The third kappa shape index (κ3) is 5.28. The van der Waals surface area contributed by atoms with Crippen molar-refractivity contribution in [1.29, 1.82) is 0 Å². The van der Waals surface area contributed by atoms with Gasteiger partial charge >= 0.3 is 0 Å². The summed E-state index contributed by atoms with van der Waals surface area (Å²) >= 11 is 0. The molecule has 1 N–H and O–H groups in total. The summed E-state index contributed by atoms with van der Waals surface area (Å²) in [4.78, 5) is 22.6. The standard InChI is InChI=1S/C22H18N2O4/c25-22(15-10-18-8-4-5-9-21(18)24(26)27)23-19-11-13-20(14-12-19)28-16-17-6-2-1-3-7-17/h1-15H,16H2,(H,23,25). The van der Waals surface area contributed by atoms with Crippen LogP contribution in [0.2, 0.25) is 0 Å². The molecule has 3 aromatic carbocycles. The second-order valence-electron chi connectivity index (χ2n) is 5.94. The van der Waals surface area contributed by atoms with Crippen molar-refractivity contribution in [2.45, 2.75) is 6.61 Å². The first-order valence-electron chi connectivity index (χ1n) is 8.61. The number of hydrogen-bond donors (Lipinski definition) is 1. The maximum absolute atomic E-state index is 12.1. The van der Waals surface area contributed by atoms with E-state index < -0.39 is 4.92 Å². The number of benzene rings is 3. The van der Waals surface area contributed by atoms with Gasteiger partial charge in [0.2, 0.25) is 5.91 Å². The number of nitrogens with one attached hydrogen (secondary N) is 1. The Hall–Kier alpha value is -3.93. The molecule has 0 spiro atoms. The number of carbonyl (C=O) groups is 1. The number of nitro benzene ring substituents is 1. The summed E-state index contributed by atoms with van der Waals surface area (Å²) in [6, 6.07) is 23.1. The van der Waals surface area contributed by atoms with E-state index in [0.29, 0.717) is 23.6 Å². The average Bonchev–Trinajstić information content (AvgIpc) is 2.72. The summed E-state index contributed by atoms with van der Waals surface area (Å²) in [6.07, 6.45) is 2.69. The maximum atomic E-state index is 12.1. The predicted octanol–water partition coefficient (Wildman–Crippen LogP) is 4.83. The molecule has 6 nitrogen and oxygen atoms in total. The highest BCUT2D eigenvalue weighted by atomic mass is 16.6. The lowest BCUT2D eigenvalue weighted by Gasteiger charge is -2.07. The zero-order valence-electron chi connectivity index (χ0n) is 14.9. The van der Waals surface area contributed by atoms with Crippen LogP contribution in [0.1, 0.15) is 11.1 Å². The Bertz CT molecular complexity index is 983. The number of anilines is 1. The summed E-state index contributed by atoms with van der Waals surface area (Å²) in [7, 11) is 0. The normalized spacial score (nSPS) is 10.6. The molecule has 0 heterocycles. The van der Waals surface area contributed by atoms with Gasteiger partial charge in [0.25, 0.3) is 5.69 Å². The van der Waals surface area contributed by atoms with Gasteiger partial charge in [-0.25, -0.2) is 0 Å². The molecule has 0 bridgehead atoms. The summed E-state index contributed by atoms with van der Waals surface area (Å²) < 4.78 is 5.70. The third-order valence-electron chi connectivity index (χ3n) is 3.92. The highest BCUT2D eigenvalue weighted by molar-refractivity contribution is 6.02. The van der Waals surface area contributed by atoms with E-state index in [4.69, 9.17) is 4.74 Å². The van der Waals surface area contributed by atoms with Crippen molar-refractivity contribution in [2.75, 3.05) is 5.32 Å². The maximum Gasteiger partial charge on any atom is 0.276 e. The van der Waals surface area contributed by atoms with Crippen LogP contribution in [0, 0.1) is 10.1 Å². The molecule has 28 heavy (non-hydrogen) atoms. The van der Waals surface area contributed by atoms with E-state index >= 15 is 0 Å². The Labute approximate surface area is 162 Å². The number of hydrogen-bond acceptors (Lipinski definition) is 4. The van der Waals surface area contributed by atoms with Crippen LogP contribution < -0.4 is 10.1 Å². The average molecular weight is 374 g/mol. The first-order chi connectivity index (χ1) is 13.6. The molecule has 0 unspecified atom stereocenters. The highest BCUT2D eigenvalue weighted by Gasteiger charge is 2.09. The minimum atomic E-state index is -0.480. The summed E-state index contributed by atoms with van der Waals surface area (Å²) in [5, 5.41) is 13.7. The second-order valence-corrected chi connectivity index (χ2v) is 5.94.